The number of fused-ring (bicyclic) bond motifs is 5. The zero-order valence-corrected chi connectivity index (χ0v) is 19.4. The van der Waals surface area contributed by atoms with E-state index in [1.54, 1.807) is 0 Å². The number of ether oxygens (including phenoxy) is 1. The summed E-state index contributed by atoms with van der Waals surface area (Å²) in [6.07, 6.45) is 8.02. The first kappa shape index (κ1) is 20.9. The van der Waals surface area contributed by atoms with Crippen LogP contribution in [0.25, 0.3) is 0 Å². The van der Waals surface area contributed by atoms with Crippen LogP contribution in [0.5, 0.6) is 5.75 Å². The summed E-state index contributed by atoms with van der Waals surface area (Å²) in [7, 11) is 2.04. The number of benzene rings is 1. The summed E-state index contributed by atoms with van der Waals surface area (Å²) in [5.41, 5.74) is 1.29. The number of amides is 1. The third kappa shape index (κ3) is 3.19. The normalized spacial score (nSPS) is 44.1. The Hall–Kier alpha value is -2.02. The van der Waals surface area contributed by atoms with Gasteiger partial charge in [0.2, 0.25) is 5.91 Å². The minimum Gasteiger partial charge on any atom is -0.490 e. The summed E-state index contributed by atoms with van der Waals surface area (Å²) in [5, 5.41) is 9.04. The van der Waals surface area contributed by atoms with E-state index < -0.39 is 0 Å². The standard InChI is InChI=1S/C27H36N2O2/c1-17-13-23-27(3,12-10-24(30)29(23)4)21-9-11-26(2)15-20(14-22(26)25(17)21)31-19-7-5-18(16-28)6-8-19/h5-8,17,20-23,25H,9-15H2,1-4H3/t17-,20-,21-,22-,23+,25+,26+,27+/m0/s1. The van der Waals surface area contributed by atoms with Gasteiger partial charge < -0.3 is 9.64 Å². The lowest BCUT2D eigenvalue weighted by Crippen LogP contribution is -2.62. The molecule has 3 saturated carbocycles. The third-order valence-corrected chi connectivity index (χ3v) is 9.95. The predicted molar refractivity (Wildman–Crippen MR) is 120 cm³/mol. The highest BCUT2D eigenvalue weighted by Gasteiger charge is 2.62. The van der Waals surface area contributed by atoms with Gasteiger partial charge in [-0.2, -0.15) is 5.26 Å². The minimum atomic E-state index is 0.257. The minimum absolute atomic E-state index is 0.257. The van der Waals surface area contributed by atoms with Crippen LogP contribution in [0.2, 0.25) is 0 Å². The predicted octanol–water partition coefficient (Wildman–Crippen LogP) is 5.42. The molecule has 4 heteroatoms. The highest BCUT2D eigenvalue weighted by atomic mass is 16.5. The first-order chi connectivity index (χ1) is 14.7. The second kappa shape index (κ2) is 7.26. The molecule has 4 fully saturated rings. The topological polar surface area (TPSA) is 53.3 Å². The van der Waals surface area contributed by atoms with Crippen molar-refractivity contribution in [1.29, 1.82) is 5.26 Å². The Morgan fingerprint density at radius 1 is 1.13 bits per heavy atom. The van der Waals surface area contributed by atoms with Crippen LogP contribution >= 0.6 is 0 Å². The van der Waals surface area contributed by atoms with Crippen molar-refractivity contribution in [2.24, 2.45) is 34.5 Å². The van der Waals surface area contributed by atoms with E-state index in [0.29, 0.717) is 47.1 Å². The molecule has 0 N–H and O–H groups in total. The highest BCUT2D eigenvalue weighted by molar-refractivity contribution is 5.77. The average molecular weight is 421 g/mol. The van der Waals surface area contributed by atoms with Gasteiger partial charge in [0.05, 0.1) is 17.7 Å². The Labute approximate surface area is 186 Å². The smallest absolute Gasteiger partial charge is 0.222 e. The van der Waals surface area contributed by atoms with Crippen LogP contribution in [-0.4, -0.2) is 30.0 Å². The van der Waals surface area contributed by atoms with Gasteiger partial charge in [-0.1, -0.05) is 20.8 Å². The first-order valence-electron chi connectivity index (χ1n) is 12.2. The van der Waals surface area contributed by atoms with E-state index in [9.17, 15) is 4.79 Å². The number of likely N-dealkylation sites (tertiary alicyclic amines) is 1. The lowest BCUT2D eigenvalue weighted by Gasteiger charge is -2.63. The Morgan fingerprint density at radius 3 is 2.58 bits per heavy atom. The molecule has 31 heavy (non-hydrogen) atoms. The van der Waals surface area contributed by atoms with Gasteiger partial charge in [-0.3, -0.25) is 4.79 Å². The SMILES string of the molecule is C[C@H]1C[C@H]2N(C)C(=O)CC[C@]2(C)[C@H]2CC[C@]3(C)C[C@@H](Oc4ccc(C#N)cc4)C[C@H]3[C@H]12. The van der Waals surface area contributed by atoms with Gasteiger partial charge in [0, 0.05) is 19.5 Å². The molecule has 1 heterocycles. The number of rotatable bonds is 2. The van der Waals surface area contributed by atoms with Crippen molar-refractivity contribution < 1.29 is 9.53 Å². The van der Waals surface area contributed by atoms with Crippen molar-refractivity contribution in [2.45, 2.75) is 77.9 Å². The second-order valence-corrected chi connectivity index (χ2v) is 11.5. The summed E-state index contributed by atoms with van der Waals surface area (Å²) >= 11 is 0. The molecule has 1 amide bonds. The number of carbonyl (C=O) groups is 1. The molecular formula is C27H36N2O2. The van der Waals surface area contributed by atoms with Crippen LogP contribution in [0, 0.1) is 45.8 Å². The zero-order valence-electron chi connectivity index (χ0n) is 19.4. The van der Waals surface area contributed by atoms with E-state index in [1.165, 1.54) is 12.8 Å². The molecule has 4 nitrogen and oxygen atoms in total. The van der Waals surface area contributed by atoms with Crippen LogP contribution in [-0.2, 0) is 4.79 Å². The molecule has 0 bridgehead atoms. The molecule has 0 unspecified atom stereocenters. The Kier molecular flexibility index (Phi) is 4.88. The number of carbonyl (C=O) groups excluding carboxylic acids is 1. The molecular weight excluding hydrogens is 384 g/mol. The number of nitrogens with zero attached hydrogens (tertiary/aromatic N) is 2. The number of nitriles is 1. The van der Waals surface area contributed by atoms with Gasteiger partial charge in [-0.25, -0.2) is 0 Å². The van der Waals surface area contributed by atoms with Crippen molar-refractivity contribution in [2.75, 3.05) is 7.05 Å². The fourth-order valence-corrected chi connectivity index (χ4v) is 8.35. The summed E-state index contributed by atoms with van der Waals surface area (Å²) in [4.78, 5) is 14.5. The van der Waals surface area contributed by atoms with Crippen molar-refractivity contribution in [3.05, 3.63) is 29.8 Å². The van der Waals surface area contributed by atoms with Crippen molar-refractivity contribution in [1.82, 2.24) is 4.90 Å². The number of piperidine rings is 1. The molecule has 0 spiro atoms. The molecule has 0 aromatic heterocycles. The molecule has 3 aliphatic carbocycles. The lowest BCUT2D eigenvalue weighted by molar-refractivity contribution is -0.164. The third-order valence-electron chi connectivity index (χ3n) is 9.95. The van der Waals surface area contributed by atoms with Crippen molar-refractivity contribution in [3.63, 3.8) is 0 Å². The van der Waals surface area contributed by atoms with Gasteiger partial charge in [0.25, 0.3) is 0 Å². The van der Waals surface area contributed by atoms with Crippen LogP contribution in [0.1, 0.15) is 71.3 Å². The summed E-state index contributed by atoms with van der Waals surface area (Å²) in [5.74, 6) is 4.02. The second-order valence-electron chi connectivity index (χ2n) is 11.5. The average Bonchev–Trinajstić information content (AvgIpc) is 3.09. The van der Waals surface area contributed by atoms with E-state index in [2.05, 4.69) is 31.7 Å². The summed E-state index contributed by atoms with van der Waals surface area (Å²) < 4.78 is 6.45. The molecule has 166 valence electrons. The molecule has 0 radical (unpaired) electrons. The molecule has 1 saturated heterocycles. The maximum absolute atomic E-state index is 12.4. The van der Waals surface area contributed by atoms with Gasteiger partial charge in [-0.05, 0) is 97.3 Å². The number of hydrogen-bond donors (Lipinski definition) is 0. The zero-order chi connectivity index (χ0) is 22.0. The van der Waals surface area contributed by atoms with Crippen molar-refractivity contribution in [3.8, 4) is 11.8 Å². The Bertz CT molecular complexity index is 905. The largest absolute Gasteiger partial charge is 0.490 e. The monoisotopic (exact) mass is 420 g/mol. The molecule has 8 atom stereocenters. The fourth-order valence-electron chi connectivity index (χ4n) is 8.35. The van der Waals surface area contributed by atoms with E-state index in [-0.39, 0.29) is 11.5 Å². The van der Waals surface area contributed by atoms with Gasteiger partial charge in [0.1, 0.15) is 5.75 Å². The van der Waals surface area contributed by atoms with Crippen LogP contribution < -0.4 is 4.74 Å². The van der Waals surface area contributed by atoms with Crippen LogP contribution in [0.4, 0.5) is 0 Å². The Morgan fingerprint density at radius 2 is 1.87 bits per heavy atom. The maximum Gasteiger partial charge on any atom is 0.222 e. The maximum atomic E-state index is 12.4. The van der Waals surface area contributed by atoms with Crippen molar-refractivity contribution >= 4 is 5.91 Å². The van der Waals surface area contributed by atoms with E-state index in [1.807, 2.05) is 31.3 Å². The quantitative estimate of drug-likeness (QED) is 0.642. The van der Waals surface area contributed by atoms with E-state index in [0.717, 1.165) is 37.4 Å². The van der Waals surface area contributed by atoms with Gasteiger partial charge in [-0.15, -0.1) is 0 Å². The lowest BCUT2D eigenvalue weighted by atomic mass is 9.45. The van der Waals surface area contributed by atoms with E-state index in [4.69, 9.17) is 10.00 Å². The van der Waals surface area contributed by atoms with Gasteiger partial charge in [0.15, 0.2) is 0 Å². The highest BCUT2D eigenvalue weighted by Crippen LogP contribution is 2.66. The fraction of sp³-hybridized carbons (Fsp3) is 0.704. The summed E-state index contributed by atoms with van der Waals surface area (Å²) in [6.45, 7) is 7.45. The molecule has 4 aliphatic rings. The van der Waals surface area contributed by atoms with Crippen LogP contribution in [0.15, 0.2) is 24.3 Å². The van der Waals surface area contributed by atoms with E-state index >= 15 is 0 Å². The Balaban J connectivity index is 1.38. The van der Waals surface area contributed by atoms with Gasteiger partial charge >= 0.3 is 0 Å². The summed E-state index contributed by atoms with van der Waals surface area (Å²) in [6, 6.07) is 10.2. The molecule has 5 rings (SSSR count). The molecule has 1 aliphatic heterocycles. The molecule has 1 aromatic rings. The molecule has 1 aromatic carbocycles. The van der Waals surface area contributed by atoms with Crippen LogP contribution in [0.3, 0.4) is 0 Å². The first-order valence-corrected chi connectivity index (χ1v) is 12.2. The number of hydrogen-bond acceptors (Lipinski definition) is 3.